The lowest BCUT2D eigenvalue weighted by molar-refractivity contribution is 0.0963. The van der Waals surface area contributed by atoms with Crippen LogP contribution in [-0.4, -0.2) is 28.4 Å². The third-order valence-corrected chi connectivity index (χ3v) is 3.73. The Bertz CT molecular complexity index is 513. The van der Waals surface area contributed by atoms with Crippen LogP contribution < -0.4 is 10.0 Å². The molecule has 5 nitrogen and oxygen atoms in total. The van der Waals surface area contributed by atoms with Crippen LogP contribution in [0.1, 0.15) is 10.4 Å². The Kier molecular flexibility index (Phi) is 3.90. The molecule has 0 aliphatic rings. The van der Waals surface area contributed by atoms with Crippen LogP contribution in [0.5, 0.6) is 0 Å². The summed E-state index contributed by atoms with van der Waals surface area (Å²) in [6.45, 7) is 0. The Morgan fingerprint density at radius 3 is 2.44 bits per heavy atom. The lowest BCUT2D eigenvalue weighted by atomic mass is 10.2. The third kappa shape index (κ3) is 2.52. The zero-order chi connectivity index (χ0) is 12.3. The van der Waals surface area contributed by atoms with Gasteiger partial charge in [0.15, 0.2) is 0 Å². The maximum atomic E-state index is 11.5. The minimum Gasteiger partial charge on any atom is -0.355 e. The standard InChI is InChI=1S/C9H11ClN2O3S/c1-11-9(13)7-5-6(3-4-8(7)10)16(14,15)12-2/h3-5,12H,1-2H3,(H,11,13). The monoisotopic (exact) mass is 262 g/mol. The van der Waals surface area contributed by atoms with Gasteiger partial charge in [0.1, 0.15) is 0 Å². The highest BCUT2D eigenvalue weighted by atomic mass is 35.5. The van der Waals surface area contributed by atoms with Crippen molar-refractivity contribution in [2.24, 2.45) is 0 Å². The zero-order valence-corrected chi connectivity index (χ0v) is 10.3. The van der Waals surface area contributed by atoms with Gasteiger partial charge in [0.25, 0.3) is 5.91 Å². The van der Waals surface area contributed by atoms with Gasteiger partial charge in [-0.05, 0) is 25.2 Å². The molecule has 7 heteroatoms. The molecule has 0 atom stereocenters. The van der Waals surface area contributed by atoms with Gasteiger partial charge in [-0.3, -0.25) is 4.79 Å². The molecule has 0 unspecified atom stereocenters. The smallest absolute Gasteiger partial charge is 0.252 e. The predicted molar refractivity (Wildman–Crippen MR) is 61.1 cm³/mol. The molecule has 0 aliphatic carbocycles. The number of carbonyl (C=O) groups excluding carboxylic acids is 1. The summed E-state index contributed by atoms with van der Waals surface area (Å²) in [7, 11) is -0.830. The highest BCUT2D eigenvalue weighted by Gasteiger charge is 2.16. The van der Waals surface area contributed by atoms with Crippen molar-refractivity contribution in [1.82, 2.24) is 10.0 Å². The van der Waals surface area contributed by atoms with Gasteiger partial charge in [-0.1, -0.05) is 11.6 Å². The summed E-state index contributed by atoms with van der Waals surface area (Å²) in [5.74, 6) is -0.432. The van der Waals surface area contributed by atoms with E-state index in [1.807, 2.05) is 0 Å². The molecule has 0 fully saturated rings. The molecule has 0 bridgehead atoms. The number of halogens is 1. The van der Waals surface area contributed by atoms with Crippen LogP contribution in [0.3, 0.4) is 0 Å². The van der Waals surface area contributed by atoms with Gasteiger partial charge in [0.05, 0.1) is 15.5 Å². The molecule has 0 saturated heterocycles. The molecule has 16 heavy (non-hydrogen) atoms. The molecule has 2 N–H and O–H groups in total. The van der Waals surface area contributed by atoms with Crippen molar-refractivity contribution in [3.63, 3.8) is 0 Å². The zero-order valence-electron chi connectivity index (χ0n) is 8.74. The average Bonchev–Trinajstić information content (AvgIpc) is 2.28. The molecular formula is C9H11ClN2O3S. The van der Waals surface area contributed by atoms with Gasteiger partial charge in [0.2, 0.25) is 10.0 Å². The van der Waals surface area contributed by atoms with E-state index < -0.39 is 15.9 Å². The first kappa shape index (κ1) is 13.0. The maximum absolute atomic E-state index is 11.5. The summed E-state index contributed by atoms with van der Waals surface area (Å²) in [5.41, 5.74) is 0.125. The summed E-state index contributed by atoms with van der Waals surface area (Å²) in [6, 6.07) is 3.93. The largest absolute Gasteiger partial charge is 0.355 e. The first-order chi connectivity index (χ1) is 7.42. The predicted octanol–water partition coefficient (Wildman–Crippen LogP) is 0.608. The fraction of sp³-hybridized carbons (Fsp3) is 0.222. The number of hydrogen-bond donors (Lipinski definition) is 2. The molecule has 0 radical (unpaired) electrons. The number of amides is 1. The lowest BCUT2D eigenvalue weighted by Gasteiger charge is -2.06. The van der Waals surface area contributed by atoms with Gasteiger partial charge in [-0.25, -0.2) is 13.1 Å². The fourth-order valence-electron chi connectivity index (χ4n) is 1.10. The minimum absolute atomic E-state index is 0.00185. The topological polar surface area (TPSA) is 75.3 Å². The van der Waals surface area contributed by atoms with Gasteiger partial charge in [-0.2, -0.15) is 0 Å². The summed E-state index contributed by atoms with van der Waals surface area (Å²) >= 11 is 5.79. The number of hydrogen-bond acceptors (Lipinski definition) is 3. The Morgan fingerprint density at radius 2 is 1.94 bits per heavy atom. The number of nitrogens with one attached hydrogen (secondary N) is 2. The van der Waals surface area contributed by atoms with Gasteiger partial charge < -0.3 is 5.32 Å². The summed E-state index contributed by atoms with van der Waals surface area (Å²) in [6.07, 6.45) is 0. The summed E-state index contributed by atoms with van der Waals surface area (Å²) < 4.78 is 25.1. The second kappa shape index (κ2) is 4.82. The van der Waals surface area contributed by atoms with E-state index in [4.69, 9.17) is 11.6 Å². The van der Waals surface area contributed by atoms with Crippen molar-refractivity contribution in [2.45, 2.75) is 4.90 Å². The van der Waals surface area contributed by atoms with Gasteiger partial charge >= 0.3 is 0 Å². The van der Waals surface area contributed by atoms with E-state index in [1.165, 1.54) is 32.3 Å². The van der Waals surface area contributed by atoms with Crippen LogP contribution in [0.15, 0.2) is 23.1 Å². The number of rotatable bonds is 3. The normalized spacial score (nSPS) is 11.2. The Hall–Kier alpha value is -1.11. The van der Waals surface area contributed by atoms with Gasteiger partial charge in [-0.15, -0.1) is 0 Å². The van der Waals surface area contributed by atoms with Crippen molar-refractivity contribution in [1.29, 1.82) is 0 Å². The van der Waals surface area contributed by atoms with Crippen LogP contribution in [0.4, 0.5) is 0 Å². The molecule has 0 heterocycles. The molecule has 0 saturated carbocycles. The second-order valence-corrected chi connectivity index (χ2v) is 5.22. The van der Waals surface area contributed by atoms with Crippen LogP contribution in [0, 0.1) is 0 Å². The molecule has 1 aromatic rings. The van der Waals surface area contributed by atoms with Crippen LogP contribution in [0.2, 0.25) is 5.02 Å². The van der Waals surface area contributed by atoms with E-state index in [2.05, 4.69) is 10.0 Å². The first-order valence-electron chi connectivity index (χ1n) is 4.37. The molecule has 0 spiro atoms. The van der Waals surface area contributed by atoms with Crippen molar-refractivity contribution in [2.75, 3.05) is 14.1 Å². The summed E-state index contributed by atoms with van der Waals surface area (Å²) in [4.78, 5) is 11.4. The quantitative estimate of drug-likeness (QED) is 0.838. The average molecular weight is 263 g/mol. The number of benzene rings is 1. The summed E-state index contributed by atoms with van der Waals surface area (Å²) in [5, 5.41) is 2.58. The van der Waals surface area contributed by atoms with Crippen LogP contribution in [0.25, 0.3) is 0 Å². The highest BCUT2D eigenvalue weighted by Crippen LogP contribution is 2.20. The van der Waals surface area contributed by atoms with Crippen LogP contribution >= 0.6 is 11.6 Å². The number of sulfonamides is 1. The number of carbonyl (C=O) groups is 1. The molecule has 1 rings (SSSR count). The molecule has 0 aliphatic heterocycles. The van der Waals surface area contributed by atoms with Crippen molar-refractivity contribution >= 4 is 27.5 Å². The third-order valence-electron chi connectivity index (χ3n) is 1.99. The molecule has 0 aromatic heterocycles. The van der Waals surface area contributed by atoms with Gasteiger partial charge in [0, 0.05) is 7.05 Å². The van der Waals surface area contributed by atoms with E-state index in [9.17, 15) is 13.2 Å². The van der Waals surface area contributed by atoms with Crippen molar-refractivity contribution < 1.29 is 13.2 Å². The SMILES string of the molecule is CNC(=O)c1cc(S(=O)(=O)NC)ccc1Cl. The fourth-order valence-corrected chi connectivity index (χ4v) is 2.06. The van der Waals surface area contributed by atoms with Crippen molar-refractivity contribution in [3.8, 4) is 0 Å². The van der Waals surface area contributed by atoms with E-state index in [1.54, 1.807) is 0 Å². The minimum atomic E-state index is -3.57. The Balaban J connectivity index is 3.34. The lowest BCUT2D eigenvalue weighted by Crippen LogP contribution is -2.21. The molecule has 1 aromatic carbocycles. The van der Waals surface area contributed by atoms with Crippen LogP contribution in [-0.2, 0) is 10.0 Å². The Morgan fingerprint density at radius 1 is 1.31 bits per heavy atom. The van der Waals surface area contributed by atoms with E-state index in [0.29, 0.717) is 0 Å². The highest BCUT2D eigenvalue weighted by molar-refractivity contribution is 7.89. The van der Waals surface area contributed by atoms with E-state index in [0.717, 1.165) is 0 Å². The van der Waals surface area contributed by atoms with Crippen molar-refractivity contribution in [3.05, 3.63) is 28.8 Å². The maximum Gasteiger partial charge on any atom is 0.252 e. The molecular weight excluding hydrogens is 252 g/mol. The Labute approximate surface area is 98.9 Å². The molecule has 88 valence electrons. The van der Waals surface area contributed by atoms with E-state index >= 15 is 0 Å². The van der Waals surface area contributed by atoms with E-state index in [-0.39, 0.29) is 15.5 Å². The second-order valence-electron chi connectivity index (χ2n) is 2.93. The first-order valence-corrected chi connectivity index (χ1v) is 6.23. The molecule has 1 amide bonds.